The number of pyridine rings is 1. The molecule has 1 heterocycles. The SMILES string of the molecule is O=P(O)(O)C[C@](O)(c1cccnc1)P(=O)(O)O. The number of hydrogen-bond donors (Lipinski definition) is 5. The fourth-order valence-corrected chi connectivity index (χ4v) is 3.75. The molecule has 0 fully saturated rings. The maximum atomic E-state index is 11.2. The summed E-state index contributed by atoms with van der Waals surface area (Å²) in [5.41, 5.74) is -0.350. The van der Waals surface area contributed by atoms with E-state index in [9.17, 15) is 14.2 Å². The van der Waals surface area contributed by atoms with Gasteiger partial charge in [-0.3, -0.25) is 14.1 Å². The summed E-state index contributed by atoms with van der Waals surface area (Å²) in [5, 5.41) is 6.92. The van der Waals surface area contributed by atoms with Gasteiger partial charge in [0.15, 0.2) is 0 Å². The number of aliphatic hydroxyl groups is 1. The first kappa shape index (κ1) is 14.5. The molecule has 0 unspecified atom stereocenters. The lowest BCUT2D eigenvalue weighted by atomic mass is 10.2. The first-order valence-electron chi connectivity index (χ1n) is 4.29. The minimum atomic E-state index is -5.18. The lowest BCUT2D eigenvalue weighted by molar-refractivity contribution is 0.105. The van der Waals surface area contributed by atoms with Gasteiger partial charge >= 0.3 is 15.2 Å². The summed E-state index contributed by atoms with van der Waals surface area (Å²) < 4.78 is 22.0. The molecule has 0 spiro atoms. The Labute approximate surface area is 96.3 Å². The van der Waals surface area contributed by atoms with E-state index < -0.39 is 26.7 Å². The molecule has 0 radical (unpaired) electrons. The summed E-state index contributed by atoms with van der Waals surface area (Å²) in [7, 11) is -10.0. The molecule has 0 saturated carbocycles. The number of rotatable bonds is 4. The van der Waals surface area contributed by atoms with Crippen LogP contribution < -0.4 is 0 Å². The molecule has 1 atom stereocenters. The van der Waals surface area contributed by atoms with Crippen LogP contribution in [0.2, 0.25) is 0 Å². The van der Waals surface area contributed by atoms with Gasteiger partial charge in [-0.1, -0.05) is 6.07 Å². The average molecular weight is 283 g/mol. The second kappa shape index (κ2) is 4.59. The van der Waals surface area contributed by atoms with Gasteiger partial charge in [-0.25, -0.2) is 0 Å². The van der Waals surface area contributed by atoms with E-state index >= 15 is 0 Å². The van der Waals surface area contributed by atoms with Crippen molar-refractivity contribution in [3.63, 3.8) is 0 Å². The van der Waals surface area contributed by atoms with Crippen LogP contribution in [0.15, 0.2) is 24.5 Å². The molecule has 0 bridgehead atoms. The van der Waals surface area contributed by atoms with Gasteiger partial charge in [0.05, 0.1) is 6.16 Å². The van der Waals surface area contributed by atoms with Crippen molar-refractivity contribution in [3.8, 4) is 0 Å². The molecule has 0 aromatic carbocycles. The Morgan fingerprint density at radius 2 is 1.82 bits per heavy atom. The lowest BCUT2D eigenvalue weighted by Crippen LogP contribution is -2.30. The van der Waals surface area contributed by atoms with Crippen molar-refractivity contribution in [3.05, 3.63) is 30.1 Å². The second-order valence-electron chi connectivity index (χ2n) is 3.43. The van der Waals surface area contributed by atoms with Gasteiger partial charge in [0.2, 0.25) is 5.34 Å². The smallest absolute Gasteiger partial charge is 0.362 e. The fourth-order valence-electron chi connectivity index (χ4n) is 1.24. The summed E-state index contributed by atoms with van der Waals surface area (Å²) in [4.78, 5) is 39.2. The van der Waals surface area contributed by atoms with Crippen LogP contribution >= 0.6 is 15.2 Å². The summed E-state index contributed by atoms with van der Waals surface area (Å²) in [6, 6.07) is 2.41. The van der Waals surface area contributed by atoms with E-state index in [1.165, 1.54) is 12.3 Å². The quantitative estimate of drug-likeness (QED) is 0.468. The summed E-state index contributed by atoms with van der Waals surface area (Å²) in [5.74, 6) is 0. The molecule has 8 nitrogen and oxygen atoms in total. The molecule has 1 aromatic rings. The number of aromatic nitrogens is 1. The molecule has 96 valence electrons. The monoisotopic (exact) mass is 283 g/mol. The molecule has 10 heteroatoms. The standard InChI is InChI=1S/C7H11NO7P2/c9-7(17(13,14)15,5-16(10,11)12)6-2-1-3-8-4-6/h1-4,9H,5H2,(H2,10,11,12)(H2,13,14,15)/t7-/m1/s1. The normalized spacial score (nSPS) is 16.5. The third-order valence-electron chi connectivity index (χ3n) is 2.03. The Hall–Kier alpha value is -0.590. The van der Waals surface area contributed by atoms with Crippen LogP contribution in [-0.2, 0) is 14.5 Å². The predicted octanol–water partition coefficient (Wildman–Crippen LogP) is -0.418. The van der Waals surface area contributed by atoms with Crippen LogP contribution in [-0.4, -0.2) is 35.8 Å². The zero-order valence-electron chi connectivity index (χ0n) is 8.41. The highest BCUT2D eigenvalue weighted by Crippen LogP contribution is 2.60. The van der Waals surface area contributed by atoms with E-state index in [0.717, 1.165) is 12.3 Å². The minimum Gasteiger partial charge on any atom is -0.373 e. The van der Waals surface area contributed by atoms with E-state index in [-0.39, 0.29) is 5.56 Å². The topological polar surface area (TPSA) is 148 Å². The van der Waals surface area contributed by atoms with Crippen molar-refractivity contribution in [2.24, 2.45) is 0 Å². The highest BCUT2D eigenvalue weighted by molar-refractivity contribution is 7.56. The molecule has 0 aliphatic carbocycles. The molecule has 1 rings (SSSR count). The van der Waals surface area contributed by atoms with Crippen LogP contribution in [0.3, 0.4) is 0 Å². The Morgan fingerprint density at radius 3 is 2.18 bits per heavy atom. The van der Waals surface area contributed by atoms with E-state index in [2.05, 4.69) is 4.98 Å². The molecular formula is C7H11NO7P2. The molecule has 0 amide bonds. The fraction of sp³-hybridized carbons (Fsp3) is 0.286. The number of nitrogens with zero attached hydrogens (tertiary/aromatic N) is 1. The first-order valence-corrected chi connectivity index (χ1v) is 7.70. The molecular weight excluding hydrogens is 272 g/mol. The van der Waals surface area contributed by atoms with Gasteiger partial charge in [-0.05, 0) is 6.07 Å². The van der Waals surface area contributed by atoms with Crippen molar-refractivity contribution < 1.29 is 33.8 Å². The van der Waals surface area contributed by atoms with Gasteiger partial charge in [0.25, 0.3) is 0 Å². The van der Waals surface area contributed by atoms with Gasteiger partial charge in [-0.2, -0.15) is 0 Å². The molecule has 1 aromatic heterocycles. The van der Waals surface area contributed by atoms with E-state index in [1.54, 1.807) is 0 Å². The highest BCUT2D eigenvalue weighted by atomic mass is 31.2. The zero-order valence-corrected chi connectivity index (χ0v) is 10.2. The van der Waals surface area contributed by atoms with Gasteiger partial charge in [-0.15, -0.1) is 0 Å². The minimum absolute atomic E-state index is 0.350. The van der Waals surface area contributed by atoms with E-state index in [4.69, 9.17) is 19.6 Å². The van der Waals surface area contributed by atoms with Crippen molar-refractivity contribution in [2.45, 2.75) is 5.34 Å². The summed E-state index contributed by atoms with van der Waals surface area (Å²) >= 11 is 0. The van der Waals surface area contributed by atoms with Crippen molar-refractivity contribution in [1.82, 2.24) is 4.98 Å². The number of hydrogen-bond acceptors (Lipinski definition) is 4. The molecule has 0 aliphatic rings. The van der Waals surface area contributed by atoms with Gasteiger partial charge < -0.3 is 24.7 Å². The molecule has 17 heavy (non-hydrogen) atoms. The molecule has 0 saturated heterocycles. The van der Waals surface area contributed by atoms with Crippen LogP contribution in [0.1, 0.15) is 5.56 Å². The van der Waals surface area contributed by atoms with Crippen LogP contribution in [0.4, 0.5) is 0 Å². The Kier molecular flexibility index (Phi) is 3.91. The summed E-state index contributed by atoms with van der Waals surface area (Å²) in [6.07, 6.45) is 0.853. The van der Waals surface area contributed by atoms with Crippen molar-refractivity contribution in [1.29, 1.82) is 0 Å². The maximum absolute atomic E-state index is 11.2. The van der Waals surface area contributed by atoms with Crippen LogP contribution in [0.25, 0.3) is 0 Å². The Balaban J connectivity index is 3.32. The second-order valence-corrected chi connectivity index (χ2v) is 6.90. The lowest BCUT2D eigenvalue weighted by Gasteiger charge is -2.28. The van der Waals surface area contributed by atoms with E-state index in [0.29, 0.717) is 0 Å². The Morgan fingerprint density at radius 1 is 1.24 bits per heavy atom. The zero-order chi connectivity index (χ0) is 13.3. The highest BCUT2D eigenvalue weighted by Gasteiger charge is 2.51. The average Bonchev–Trinajstić information content (AvgIpc) is 2.14. The third kappa shape index (κ3) is 3.43. The van der Waals surface area contributed by atoms with Crippen molar-refractivity contribution >= 4 is 15.2 Å². The Bertz CT molecular complexity index is 480. The van der Waals surface area contributed by atoms with Crippen LogP contribution in [0, 0.1) is 0 Å². The largest absolute Gasteiger partial charge is 0.373 e. The maximum Gasteiger partial charge on any atom is 0.362 e. The molecule has 5 N–H and O–H groups in total. The van der Waals surface area contributed by atoms with Crippen molar-refractivity contribution in [2.75, 3.05) is 6.16 Å². The third-order valence-corrected chi connectivity index (χ3v) is 4.53. The predicted molar refractivity (Wildman–Crippen MR) is 57.1 cm³/mol. The first-order chi connectivity index (χ1) is 7.56. The molecule has 0 aliphatic heterocycles. The summed E-state index contributed by atoms with van der Waals surface area (Å²) in [6.45, 7) is 0. The van der Waals surface area contributed by atoms with Gasteiger partial charge in [0.1, 0.15) is 0 Å². The van der Waals surface area contributed by atoms with Crippen LogP contribution in [0.5, 0.6) is 0 Å². The van der Waals surface area contributed by atoms with Gasteiger partial charge in [0, 0.05) is 18.0 Å². The van der Waals surface area contributed by atoms with E-state index in [1.807, 2.05) is 0 Å².